The van der Waals surface area contributed by atoms with Gasteiger partial charge in [0.05, 0.1) is 11.5 Å². The van der Waals surface area contributed by atoms with Gasteiger partial charge in [0.2, 0.25) is 5.91 Å². The van der Waals surface area contributed by atoms with Gasteiger partial charge < -0.3 is 10.6 Å². The molecule has 1 amide bonds. The molecule has 0 bridgehead atoms. The summed E-state index contributed by atoms with van der Waals surface area (Å²) < 4.78 is 0. The Hall–Kier alpha value is -0.680. The van der Waals surface area contributed by atoms with E-state index in [-0.39, 0.29) is 11.9 Å². The van der Waals surface area contributed by atoms with Crippen LogP contribution in [0.1, 0.15) is 33.1 Å². The van der Waals surface area contributed by atoms with E-state index in [1.807, 2.05) is 9.80 Å². The number of likely N-dealkylation sites (tertiary alicyclic amines) is 1. The van der Waals surface area contributed by atoms with Gasteiger partial charge in [-0.25, -0.2) is 0 Å². The molecule has 0 aromatic rings. The normalized spacial score (nSPS) is 16.6. The summed E-state index contributed by atoms with van der Waals surface area (Å²) in [5, 5.41) is 0. The predicted molar refractivity (Wildman–Crippen MR) is 73.9 cm³/mol. The molecule has 0 spiro atoms. The Labute approximate surface area is 109 Å². The standard InChI is InChI=1S/C12H23N3OS/c1-10(2)15(8-11(13)17)9-12(16)14-6-4-3-5-7-14/h10H,3-9H2,1-2H3,(H2,13,17). The van der Waals surface area contributed by atoms with Crippen LogP contribution in [0.5, 0.6) is 0 Å². The number of carbonyl (C=O) groups excluding carboxylic acids is 1. The second kappa shape index (κ2) is 6.91. The molecule has 0 atom stereocenters. The molecule has 0 radical (unpaired) electrons. The minimum Gasteiger partial charge on any atom is -0.392 e. The van der Waals surface area contributed by atoms with Gasteiger partial charge in [-0.05, 0) is 33.1 Å². The third kappa shape index (κ3) is 5.00. The van der Waals surface area contributed by atoms with Crippen LogP contribution < -0.4 is 5.73 Å². The largest absolute Gasteiger partial charge is 0.392 e. The molecular formula is C12H23N3OS. The first-order chi connectivity index (χ1) is 8.00. The molecule has 0 aromatic carbocycles. The molecule has 4 nitrogen and oxygen atoms in total. The first kappa shape index (κ1) is 14.4. The van der Waals surface area contributed by atoms with E-state index in [0.29, 0.717) is 18.1 Å². The van der Waals surface area contributed by atoms with Crippen LogP contribution in [-0.4, -0.2) is 52.9 Å². The van der Waals surface area contributed by atoms with Crippen LogP contribution in [0, 0.1) is 0 Å². The Kier molecular flexibility index (Phi) is 5.85. The highest BCUT2D eigenvalue weighted by Gasteiger charge is 2.20. The molecule has 98 valence electrons. The lowest BCUT2D eigenvalue weighted by Gasteiger charge is -2.31. The second-order valence-corrected chi connectivity index (χ2v) is 5.43. The van der Waals surface area contributed by atoms with Crippen LogP contribution in [0.25, 0.3) is 0 Å². The molecule has 17 heavy (non-hydrogen) atoms. The molecule has 1 aliphatic heterocycles. The van der Waals surface area contributed by atoms with Crippen LogP contribution in [0.15, 0.2) is 0 Å². The molecule has 0 aromatic heterocycles. The Morgan fingerprint density at radius 2 is 1.88 bits per heavy atom. The van der Waals surface area contributed by atoms with Crippen LogP contribution in [0.2, 0.25) is 0 Å². The molecule has 1 fully saturated rings. The van der Waals surface area contributed by atoms with Crippen molar-refractivity contribution in [1.82, 2.24) is 9.80 Å². The lowest BCUT2D eigenvalue weighted by molar-refractivity contribution is -0.133. The topological polar surface area (TPSA) is 49.6 Å². The third-order valence-electron chi connectivity index (χ3n) is 3.14. The van der Waals surface area contributed by atoms with Crippen molar-refractivity contribution in [2.45, 2.75) is 39.2 Å². The van der Waals surface area contributed by atoms with E-state index >= 15 is 0 Å². The summed E-state index contributed by atoms with van der Waals surface area (Å²) in [6.07, 6.45) is 3.50. The van der Waals surface area contributed by atoms with E-state index in [0.717, 1.165) is 25.9 Å². The van der Waals surface area contributed by atoms with Gasteiger partial charge in [-0.3, -0.25) is 9.69 Å². The summed E-state index contributed by atoms with van der Waals surface area (Å²) in [4.78, 5) is 16.5. The first-order valence-electron chi connectivity index (χ1n) is 6.31. The van der Waals surface area contributed by atoms with E-state index in [4.69, 9.17) is 18.0 Å². The van der Waals surface area contributed by atoms with Crippen LogP contribution in [0.4, 0.5) is 0 Å². The van der Waals surface area contributed by atoms with Crippen LogP contribution >= 0.6 is 12.2 Å². The Bertz CT molecular complexity index is 275. The number of hydrogen-bond acceptors (Lipinski definition) is 3. The highest BCUT2D eigenvalue weighted by Crippen LogP contribution is 2.09. The van der Waals surface area contributed by atoms with Gasteiger partial charge in [0.1, 0.15) is 0 Å². The zero-order chi connectivity index (χ0) is 12.8. The van der Waals surface area contributed by atoms with Crippen LogP contribution in [-0.2, 0) is 4.79 Å². The molecule has 1 aliphatic rings. The van der Waals surface area contributed by atoms with Gasteiger partial charge in [-0.2, -0.15) is 0 Å². The van der Waals surface area contributed by atoms with Gasteiger partial charge in [0, 0.05) is 25.7 Å². The summed E-state index contributed by atoms with van der Waals surface area (Å²) in [7, 11) is 0. The SMILES string of the molecule is CC(C)N(CC(=O)N1CCCCC1)CC(N)=S. The molecule has 2 N–H and O–H groups in total. The van der Waals surface area contributed by atoms with E-state index in [1.54, 1.807) is 0 Å². The number of rotatable bonds is 5. The maximum Gasteiger partial charge on any atom is 0.236 e. The molecule has 1 heterocycles. The fraction of sp³-hybridized carbons (Fsp3) is 0.833. The van der Waals surface area contributed by atoms with E-state index in [1.165, 1.54) is 6.42 Å². The van der Waals surface area contributed by atoms with Crippen molar-refractivity contribution in [3.63, 3.8) is 0 Å². The maximum atomic E-state index is 12.1. The number of thiocarbonyl (C=S) groups is 1. The average molecular weight is 257 g/mol. The molecule has 0 unspecified atom stereocenters. The van der Waals surface area contributed by atoms with Crippen molar-refractivity contribution in [2.24, 2.45) is 5.73 Å². The van der Waals surface area contributed by atoms with E-state index in [2.05, 4.69) is 13.8 Å². The maximum absolute atomic E-state index is 12.1. The highest BCUT2D eigenvalue weighted by atomic mass is 32.1. The quantitative estimate of drug-likeness (QED) is 0.746. The van der Waals surface area contributed by atoms with Crippen molar-refractivity contribution >= 4 is 23.1 Å². The van der Waals surface area contributed by atoms with Crippen molar-refractivity contribution in [1.29, 1.82) is 0 Å². The fourth-order valence-electron chi connectivity index (χ4n) is 2.04. The molecular weight excluding hydrogens is 234 g/mol. The van der Waals surface area contributed by atoms with Gasteiger partial charge in [-0.15, -0.1) is 0 Å². The summed E-state index contributed by atoms with van der Waals surface area (Å²) in [6.45, 7) is 6.86. The summed E-state index contributed by atoms with van der Waals surface area (Å²) in [5.41, 5.74) is 5.55. The summed E-state index contributed by atoms with van der Waals surface area (Å²) >= 11 is 4.91. The predicted octanol–water partition coefficient (Wildman–Crippen LogP) is 0.995. The zero-order valence-electron chi connectivity index (χ0n) is 10.8. The minimum atomic E-state index is 0.203. The van der Waals surface area contributed by atoms with E-state index in [9.17, 15) is 4.79 Å². The molecule has 0 saturated carbocycles. The van der Waals surface area contributed by atoms with E-state index < -0.39 is 0 Å². The summed E-state index contributed by atoms with van der Waals surface area (Å²) in [6, 6.07) is 0.283. The van der Waals surface area contributed by atoms with Gasteiger partial charge in [-0.1, -0.05) is 12.2 Å². The lowest BCUT2D eigenvalue weighted by atomic mass is 10.1. The van der Waals surface area contributed by atoms with Crippen molar-refractivity contribution in [3.05, 3.63) is 0 Å². The number of amides is 1. The first-order valence-corrected chi connectivity index (χ1v) is 6.71. The van der Waals surface area contributed by atoms with Gasteiger partial charge in [0.25, 0.3) is 0 Å². The monoisotopic (exact) mass is 257 g/mol. The third-order valence-corrected chi connectivity index (χ3v) is 3.27. The zero-order valence-corrected chi connectivity index (χ0v) is 11.6. The number of nitrogens with two attached hydrogens (primary N) is 1. The van der Waals surface area contributed by atoms with Crippen molar-refractivity contribution < 1.29 is 4.79 Å². The highest BCUT2D eigenvalue weighted by molar-refractivity contribution is 7.80. The number of piperidine rings is 1. The number of nitrogens with zero attached hydrogens (tertiary/aromatic N) is 2. The van der Waals surface area contributed by atoms with Crippen molar-refractivity contribution in [2.75, 3.05) is 26.2 Å². The van der Waals surface area contributed by atoms with Crippen molar-refractivity contribution in [3.8, 4) is 0 Å². The molecule has 0 aliphatic carbocycles. The smallest absolute Gasteiger partial charge is 0.236 e. The summed E-state index contributed by atoms with van der Waals surface area (Å²) in [5.74, 6) is 0.203. The molecule has 1 saturated heterocycles. The minimum absolute atomic E-state index is 0.203. The Morgan fingerprint density at radius 3 is 2.35 bits per heavy atom. The number of hydrogen-bond donors (Lipinski definition) is 1. The average Bonchev–Trinajstić information content (AvgIpc) is 2.28. The lowest BCUT2D eigenvalue weighted by Crippen LogP contribution is -2.47. The Morgan fingerprint density at radius 1 is 1.29 bits per heavy atom. The van der Waals surface area contributed by atoms with Gasteiger partial charge in [0.15, 0.2) is 0 Å². The van der Waals surface area contributed by atoms with Crippen LogP contribution in [0.3, 0.4) is 0 Å². The molecule has 5 heteroatoms. The molecule has 1 rings (SSSR count). The second-order valence-electron chi connectivity index (χ2n) is 4.91. The number of carbonyl (C=O) groups is 1. The Balaban J connectivity index is 2.47. The fourth-order valence-corrected chi connectivity index (χ4v) is 2.20. The van der Waals surface area contributed by atoms with Gasteiger partial charge >= 0.3 is 0 Å².